The van der Waals surface area contributed by atoms with Crippen molar-refractivity contribution < 1.29 is 85.3 Å². The number of nitrogens with one attached hydrogen (secondary N) is 2. The molecule has 0 radical (unpaired) electrons. The quantitative estimate of drug-likeness (QED) is 0.0129. The Bertz CT molecular complexity index is 2530. The minimum Gasteiger partial charge on any atom is -0.386 e. The van der Waals surface area contributed by atoms with Gasteiger partial charge in [-0.25, -0.2) is 28.6 Å². The lowest BCUT2D eigenvalue weighted by Gasteiger charge is -2.30. The molecule has 2 unspecified atom stereocenters. The maximum atomic E-state index is 12.8. The van der Waals surface area contributed by atoms with E-state index < -0.39 is 84.6 Å². The van der Waals surface area contributed by atoms with Gasteiger partial charge in [-0.3, -0.25) is 37.3 Å². The second kappa shape index (κ2) is 39.0. The van der Waals surface area contributed by atoms with Gasteiger partial charge in [0, 0.05) is 37.1 Å². The standard InChI is InChI=1S/C53H88N7O18P3S/c1-4-5-6-7-8-9-10-11-12-13-14-15-16-17-18-19-20-21-22-23-24-25-26-27-28-29-30-31-41(61)36-44(63)82-35-34-55-43(62)32-33-56-51(66)48(65)53(2,3)38-75-81(72,73)78-80(70,71)74-37-42-47(77-79(67,68)69)46(64)52(76-42)60-40-59-45-49(54)57-39-58-50(45)60/h8-9,11-12,14-15,17-18,39-40,42,46-48,52,64-65H,4-7,10,13,16,19-38H2,1-3H3,(H,55,62)(H,56,66)(H,70,71)(H,72,73)(H2,54,57,58)(H2,67,68,69)/b9-8-,12-11-,15-14-,18-17-/t42-,46-,47-,48+,52-/m1/s1. The minimum atomic E-state index is -5.60. The first kappa shape index (κ1) is 72.4. The number of allylic oxidation sites excluding steroid dienone is 8. The molecule has 2 amide bonds. The van der Waals surface area contributed by atoms with E-state index in [2.05, 4.69) is 90.0 Å². The third-order valence-corrected chi connectivity index (χ3v) is 16.9. The highest BCUT2D eigenvalue weighted by atomic mass is 32.2. The molecular weight excluding hydrogens is 1150 g/mol. The second-order valence-electron chi connectivity index (χ2n) is 20.5. The molecule has 29 heteroatoms. The van der Waals surface area contributed by atoms with Crippen molar-refractivity contribution in [3.8, 4) is 0 Å². The van der Waals surface area contributed by atoms with Crippen LogP contribution in [0.5, 0.6) is 0 Å². The van der Waals surface area contributed by atoms with E-state index in [4.69, 9.17) is 19.5 Å². The van der Waals surface area contributed by atoms with Crippen LogP contribution in [0.25, 0.3) is 11.2 Å². The Morgan fingerprint density at radius 1 is 0.768 bits per heavy atom. The summed E-state index contributed by atoms with van der Waals surface area (Å²) in [7, 11) is -16.5. The van der Waals surface area contributed by atoms with Gasteiger partial charge in [-0.15, -0.1) is 0 Å². The molecule has 25 nitrogen and oxygen atoms in total. The monoisotopic (exact) mass is 1240 g/mol. The van der Waals surface area contributed by atoms with E-state index in [-0.39, 0.29) is 59.6 Å². The average molecular weight is 1240 g/mol. The zero-order chi connectivity index (χ0) is 60.4. The smallest absolute Gasteiger partial charge is 0.386 e. The molecule has 0 saturated carbocycles. The molecule has 0 spiro atoms. The number of aromatic nitrogens is 4. The fourth-order valence-electron chi connectivity index (χ4n) is 8.33. The Morgan fingerprint density at radius 2 is 1.33 bits per heavy atom. The zero-order valence-electron chi connectivity index (χ0n) is 47.5. The number of hydrogen-bond acceptors (Lipinski definition) is 19. The number of aliphatic hydroxyl groups is 2. The molecule has 0 aromatic carbocycles. The third-order valence-electron chi connectivity index (χ3n) is 12.9. The molecule has 1 fully saturated rings. The number of nitrogens with two attached hydrogens (primary N) is 1. The Kier molecular flexibility index (Phi) is 34.5. The Hall–Kier alpha value is -3.81. The first-order chi connectivity index (χ1) is 38.9. The van der Waals surface area contributed by atoms with Gasteiger partial charge in [0.2, 0.25) is 11.8 Å². The normalized spacial score (nSPS) is 18.9. The average Bonchev–Trinajstić information content (AvgIpc) is 4.16. The molecule has 7 atom stereocenters. The van der Waals surface area contributed by atoms with Gasteiger partial charge < -0.3 is 50.9 Å². The fraction of sp³-hybridized carbons (Fsp3) is 0.679. The number of imidazole rings is 1. The van der Waals surface area contributed by atoms with Crippen LogP contribution in [0.15, 0.2) is 61.3 Å². The number of phosphoric acid groups is 3. The number of ketones is 1. The summed E-state index contributed by atoms with van der Waals surface area (Å²) >= 11 is 0.940. The second-order valence-corrected chi connectivity index (χ2v) is 25.9. The van der Waals surface area contributed by atoms with Crippen molar-refractivity contribution in [2.45, 2.75) is 193 Å². The highest BCUT2D eigenvalue weighted by Crippen LogP contribution is 2.61. The number of thioether (sulfide) groups is 1. The Morgan fingerprint density at radius 3 is 1.93 bits per heavy atom. The summed E-state index contributed by atoms with van der Waals surface area (Å²) < 4.78 is 62.6. The maximum Gasteiger partial charge on any atom is 0.481 e. The molecule has 10 N–H and O–H groups in total. The van der Waals surface area contributed by atoms with Crippen LogP contribution in [0.2, 0.25) is 0 Å². The third kappa shape index (κ3) is 30.3. The predicted molar refractivity (Wildman–Crippen MR) is 311 cm³/mol. The lowest BCUT2D eigenvalue weighted by Crippen LogP contribution is -2.46. The number of carbonyl (C=O) groups excluding carboxylic acids is 4. The lowest BCUT2D eigenvalue weighted by molar-refractivity contribution is -0.137. The van der Waals surface area contributed by atoms with Gasteiger partial charge in [0.1, 0.15) is 42.0 Å². The van der Waals surface area contributed by atoms with Crippen LogP contribution in [-0.2, 0) is 55.5 Å². The summed E-state index contributed by atoms with van der Waals surface area (Å²) in [6.45, 7) is 2.56. The first-order valence-corrected chi connectivity index (χ1v) is 33.6. The van der Waals surface area contributed by atoms with E-state index in [0.29, 0.717) is 6.42 Å². The van der Waals surface area contributed by atoms with Crippen molar-refractivity contribution >= 4 is 74.9 Å². The van der Waals surface area contributed by atoms with Gasteiger partial charge in [-0.05, 0) is 51.4 Å². The number of ether oxygens (including phenoxy) is 1. The van der Waals surface area contributed by atoms with Gasteiger partial charge >= 0.3 is 23.5 Å². The van der Waals surface area contributed by atoms with E-state index in [1.807, 2.05) is 0 Å². The molecular formula is C53H88N7O18P3S. The highest BCUT2D eigenvalue weighted by molar-refractivity contribution is 8.13. The van der Waals surface area contributed by atoms with Crippen molar-refractivity contribution in [2.24, 2.45) is 5.41 Å². The molecule has 464 valence electrons. The van der Waals surface area contributed by atoms with Gasteiger partial charge in [-0.1, -0.05) is 152 Å². The summed E-state index contributed by atoms with van der Waals surface area (Å²) in [6, 6.07) is 0. The van der Waals surface area contributed by atoms with E-state index in [0.717, 1.165) is 80.4 Å². The lowest BCUT2D eigenvalue weighted by atomic mass is 9.87. The van der Waals surface area contributed by atoms with Gasteiger partial charge in [0.25, 0.3) is 0 Å². The summed E-state index contributed by atoms with van der Waals surface area (Å²) in [6.07, 6.45) is 33.0. The van der Waals surface area contributed by atoms with Crippen molar-refractivity contribution in [1.29, 1.82) is 0 Å². The number of phosphoric ester groups is 3. The molecule has 0 aliphatic carbocycles. The summed E-state index contributed by atoms with van der Waals surface area (Å²) in [5, 5.41) is 26.3. The number of Topliss-reactive ketones (excluding diaryl/α,β-unsaturated/α-hetero) is 1. The van der Waals surface area contributed by atoms with Crippen LogP contribution < -0.4 is 16.4 Å². The van der Waals surface area contributed by atoms with E-state index in [1.165, 1.54) is 84.5 Å². The molecule has 0 bridgehead atoms. The van der Waals surface area contributed by atoms with Gasteiger partial charge in [0.15, 0.2) is 22.8 Å². The maximum absolute atomic E-state index is 12.8. The van der Waals surface area contributed by atoms with Crippen LogP contribution in [0.1, 0.15) is 168 Å². The fourth-order valence-corrected chi connectivity index (χ4v) is 11.9. The molecule has 2 aromatic heterocycles. The molecule has 1 saturated heterocycles. The Balaban J connectivity index is 1.18. The number of carbonyl (C=O) groups is 4. The largest absolute Gasteiger partial charge is 0.481 e. The van der Waals surface area contributed by atoms with Crippen molar-refractivity contribution in [3.05, 3.63) is 61.3 Å². The molecule has 1 aliphatic rings. The van der Waals surface area contributed by atoms with Crippen LogP contribution >= 0.6 is 35.2 Å². The SMILES string of the molecule is CCCCC/C=C\C/C=C\C/C=C\C/C=C\CCCCCCCCCCCCCC(=O)CC(=O)SCCNC(=O)CCNC(=O)[C@H](O)C(C)(C)COP(=O)(O)OP(=O)(O)OC[C@H]1O[C@@H](n2cnc3c(N)ncnc32)[C@H](O)[C@@H]1OP(=O)(O)O. The number of unbranched alkanes of at least 4 members (excludes halogenated alkanes) is 14. The highest BCUT2D eigenvalue weighted by Gasteiger charge is 2.50. The number of anilines is 1. The topological polar surface area (TPSA) is 381 Å². The van der Waals surface area contributed by atoms with E-state index in [1.54, 1.807) is 0 Å². The summed E-state index contributed by atoms with van der Waals surface area (Å²) in [5.74, 6) is -1.41. The van der Waals surface area contributed by atoms with Crippen molar-refractivity contribution in [2.75, 3.05) is 37.8 Å². The predicted octanol–water partition coefficient (Wildman–Crippen LogP) is 8.67. The number of amides is 2. The van der Waals surface area contributed by atoms with Crippen LogP contribution in [0.4, 0.5) is 5.82 Å². The summed E-state index contributed by atoms with van der Waals surface area (Å²) in [4.78, 5) is 101. The number of fused-ring (bicyclic) bond motifs is 1. The number of nitrogens with zero attached hydrogens (tertiary/aromatic N) is 4. The van der Waals surface area contributed by atoms with Crippen LogP contribution in [-0.4, -0.2) is 128 Å². The molecule has 2 aromatic rings. The number of aliphatic hydroxyl groups excluding tert-OH is 2. The zero-order valence-corrected chi connectivity index (χ0v) is 51.0. The number of rotatable bonds is 45. The van der Waals surface area contributed by atoms with Gasteiger partial charge in [0.05, 0.1) is 26.0 Å². The Labute approximate surface area is 485 Å². The van der Waals surface area contributed by atoms with Crippen LogP contribution in [0, 0.1) is 5.41 Å². The van der Waals surface area contributed by atoms with Crippen molar-refractivity contribution in [1.82, 2.24) is 30.2 Å². The molecule has 3 heterocycles. The minimum absolute atomic E-state index is 0.0256. The molecule has 82 heavy (non-hydrogen) atoms. The first-order valence-electron chi connectivity index (χ1n) is 28.1. The number of hydrogen-bond donors (Lipinski definition) is 9. The van der Waals surface area contributed by atoms with Crippen molar-refractivity contribution in [3.63, 3.8) is 0 Å². The molecule has 3 rings (SSSR count). The number of nitrogen functional groups attached to an aromatic ring is 1. The summed E-state index contributed by atoms with van der Waals surface area (Å²) in [5.41, 5.74) is 4.25. The van der Waals surface area contributed by atoms with Gasteiger partial charge in [-0.2, -0.15) is 4.31 Å². The van der Waals surface area contributed by atoms with E-state index >= 15 is 0 Å². The van der Waals surface area contributed by atoms with E-state index in [9.17, 15) is 62.7 Å². The van der Waals surface area contributed by atoms with Crippen LogP contribution in [0.3, 0.4) is 0 Å². The molecule has 1 aliphatic heterocycles.